The number of rotatable bonds is 7. The third kappa shape index (κ3) is 4.07. The lowest BCUT2D eigenvalue weighted by Gasteiger charge is -2.26. The van der Waals surface area contributed by atoms with E-state index in [4.69, 9.17) is 14.2 Å². The fourth-order valence-electron chi connectivity index (χ4n) is 3.04. The van der Waals surface area contributed by atoms with E-state index in [1.54, 1.807) is 12.1 Å². The van der Waals surface area contributed by atoms with Crippen molar-refractivity contribution in [3.05, 3.63) is 72.3 Å². The quantitative estimate of drug-likeness (QED) is 0.422. The SMILES string of the molecule is C=CCn1c(SCc2ccc(OC)c(F)c2)nnc1C1COc2ccccc2O1. The smallest absolute Gasteiger partial charge is 0.192 e. The summed E-state index contributed by atoms with van der Waals surface area (Å²) in [6.45, 7) is 4.71. The van der Waals surface area contributed by atoms with Crippen LogP contribution in [0.2, 0.25) is 0 Å². The zero-order chi connectivity index (χ0) is 20.2. The summed E-state index contributed by atoms with van der Waals surface area (Å²) in [5.74, 6) is 2.45. The summed E-state index contributed by atoms with van der Waals surface area (Å²) in [5.41, 5.74) is 0.828. The molecule has 0 spiro atoms. The van der Waals surface area contributed by atoms with Crippen molar-refractivity contribution in [2.24, 2.45) is 0 Å². The number of nitrogens with zero attached hydrogens (tertiary/aromatic N) is 3. The number of para-hydroxylation sites is 2. The Kier molecular flexibility index (Phi) is 5.71. The summed E-state index contributed by atoms with van der Waals surface area (Å²) >= 11 is 1.47. The molecule has 1 aliphatic rings. The van der Waals surface area contributed by atoms with Gasteiger partial charge in [0.2, 0.25) is 0 Å². The number of allylic oxidation sites excluding steroid dienone is 1. The van der Waals surface area contributed by atoms with E-state index < -0.39 is 0 Å². The van der Waals surface area contributed by atoms with E-state index in [2.05, 4.69) is 16.8 Å². The van der Waals surface area contributed by atoms with Crippen LogP contribution in [0.4, 0.5) is 4.39 Å². The topological polar surface area (TPSA) is 58.4 Å². The van der Waals surface area contributed by atoms with Gasteiger partial charge in [0.25, 0.3) is 0 Å². The van der Waals surface area contributed by atoms with Gasteiger partial charge in [-0.1, -0.05) is 36.0 Å². The van der Waals surface area contributed by atoms with E-state index in [0.717, 1.165) is 11.3 Å². The molecule has 4 rings (SSSR count). The molecule has 0 saturated carbocycles. The predicted octanol–water partition coefficient (Wildman–Crippen LogP) is 4.42. The van der Waals surface area contributed by atoms with Gasteiger partial charge in [-0.2, -0.15) is 0 Å². The molecule has 29 heavy (non-hydrogen) atoms. The van der Waals surface area contributed by atoms with Crippen molar-refractivity contribution in [1.29, 1.82) is 0 Å². The minimum absolute atomic E-state index is 0.227. The number of hydrogen-bond acceptors (Lipinski definition) is 6. The van der Waals surface area contributed by atoms with Crippen molar-refractivity contribution in [3.63, 3.8) is 0 Å². The predicted molar refractivity (Wildman–Crippen MR) is 108 cm³/mol. The molecule has 2 heterocycles. The highest BCUT2D eigenvalue weighted by Crippen LogP contribution is 2.36. The Morgan fingerprint density at radius 2 is 2.10 bits per heavy atom. The molecule has 2 aromatic carbocycles. The minimum Gasteiger partial charge on any atom is -0.494 e. The third-order valence-corrected chi connectivity index (χ3v) is 5.48. The number of methoxy groups -OCH3 is 1. The van der Waals surface area contributed by atoms with Crippen LogP contribution in [0.15, 0.2) is 60.3 Å². The number of aromatic nitrogens is 3. The van der Waals surface area contributed by atoms with Gasteiger partial charge in [-0.05, 0) is 29.8 Å². The molecule has 1 atom stereocenters. The van der Waals surface area contributed by atoms with Gasteiger partial charge in [-0.3, -0.25) is 4.57 Å². The Morgan fingerprint density at radius 1 is 1.28 bits per heavy atom. The summed E-state index contributed by atoms with van der Waals surface area (Å²) in [7, 11) is 1.45. The first-order chi connectivity index (χ1) is 14.2. The van der Waals surface area contributed by atoms with Crippen LogP contribution in [-0.2, 0) is 12.3 Å². The molecule has 0 N–H and O–H groups in total. The Bertz CT molecular complexity index is 1020. The molecule has 1 unspecified atom stereocenters. The van der Waals surface area contributed by atoms with Crippen LogP contribution >= 0.6 is 11.8 Å². The van der Waals surface area contributed by atoms with E-state index >= 15 is 0 Å². The van der Waals surface area contributed by atoms with Crippen molar-refractivity contribution in [1.82, 2.24) is 14.8 Å². The molecule has 1 aromatic heterocycles. The van der Waals surface area contributed by atoms with Crippen LogP contribution in [0.3, 0.4) is 0 Å². The van der Waals surface area contributed by atoms with E-state index in [9.17, 15) is 4.39 Å². The second-order valence-corrected chi connectivity index (χ2v) is 7.30. The molecule has 0 amide bonds. The minimum atomic E-state index is -0.384. The Labute approximate surface area is 172 Å². The van der Waals surface area contributed by atoms with Gasteiger partial charge in [0.1, 0.15) is 6.61 Å². The highest BCUT2D eigenvalue weighted by molar-refractivity contribution is 7.98. The normalized spacial score (nSPS) is 15.2. The summed E-state index contributed by atoms with van der Waals surface area (Å²) in [5, 5.41) is 9.35. The molecule has 0 aliphatic carbocycles. The van der Waals surface area contributed by atoms with Crippen molar-refractivity contribution in [2.75, 3.05) is 13.7 Å². The van der Waals surface area contributed by atoms with Crippen LogP contribution in [-0.4, -0.2) is 28.5 Å². The number of ether oxygens (including phenoxy) is 3. The van der Waals surface area contributed by atoms with Crippen molar-refractivity contribution < 1.29 is 18.6 Å². The fourth-order valence-corrected chi connectivity index (χ4v) is 3.94. The van der Waals surface area contributed by atoms with Crippen molar-refractivity contribution in [3.8, 4) is 17.2 Å². The zero-order valence-corrected chi connectivity index (χ0v) is 16.7. The Balaban J connectivity index is 1.52. The lowest BCUT2D eigenvalue weighted by atomic mass is 10.2. The molecule has 0 bridgehead atoms. The van der Waals surface area contributed by atoms with Gasteiger partial charge in [0.05, 0.1) is 7.11 Å². The van der Waals surface area contributed by atoms with Gasteiger partial charge in [0.15, 0.2) is 40.2 Å². The molecule has 0 radical (unpaired) electrons. The second-order valence-electron chi connectivity index (χ2n) is 6.36. The number of thioether (sulfide) groups is 1. The van der Waals surface area contributed by atoms with Gasteiger partial charge in [0, 0.05) is 12.3 Å². The molecule has 1 aliphatic heterocycles. The van der Waals surface area contributed by atoms with E-state index in [0.29, 0.717) is 35.6 Å². The summed E-state index contributed by atoms with van der Waals surface area (Å²) in [6.07, 6.45) is 1.41. The molecule has 6 nitrogen and oxygen atoms in total. The molecule has 8 heteroatoms. The third-order valence-electron chi connectivity index (χ3n) is 4.44. The van der Waals surface area contributed by atoms with Crippen LogP contribution in [0.5, 0.6) is 17.2 Å². The van der Waals surface area contributed by atoms with Gasteiger partial charge in [-0.25, -0.2) is 4.39 Å². The lowest BCUT2D eigenvalue weighted by molar-refractivity contribution is 0.0821. The van der Waals surface area contributed by atoms with E-state index in [1.165, 1.54) is 24.9 Å². The highest BCUT2D eigenvalue weighted by atomic mass is 32.2. The van der Waals surface area contributed by atoms with Crippen LogP contribution in [0, 0.1) is 5.82 Å². The van der Waals surface area contributed by atoms with Gasteiger partial charge < -0.3 is 14.2 Å². The maximum Gasteiger partial charge on any atom is 0.192 e. The van der Waals surface area contributed by atoms with Gasteiger partial charge >= 0.3 is 0 Å². The van der Waals surface area contributed by atoms with E-state index in [1.807, 2.05) is 34.9 Å². The standard InChI is InChI=1S/C21H20FN3O3S/c1-3-10-25-20(19-12-27-17-6-4-5-7-18(17)28-19)23-24-21(25)29-13-14-8-9-16(26-2)15(22)11-14/h3-9,11,19H,1,10,12-13H2,2H3. The monoisotopic (exact) mass is 413 g/mol. The second kappa shape index (κ2) is 8.57. The number of halogens is 1. The van der Waals surface area contributed by atoms with E-state index in [-0.39, 0.29) is 17.7 Å². The van der Waals surface area contributed by atoms with Gasteiger partial charge in [-0.15, -0.1) is 16.8 Å². The largest absolute Gasteiger partial charge is 0.494 e. The number of benzene rings is 2. The molecule has 3 aromatic rings. The maximum absolute atomic E-state index is 13.9. The first kappa shape index (κ1) is 19.3. The number of hydrogen-bond donors (Lipinski definition) is 0. The highest BCUT2D eigenvalue weighted by Gasteiger charge is 2.28. The maximum atomic E-state index is 13.9. The van der Waals surface area contributed by atoms with Crippen LogP contribution < -0.4 is 14.2 Å². The van der Waals surface area contributed by atoms with Crippen molar-refractivity contribution in [2.45, 2.75) is 23.6 Å². The zero-order valence-electron chi connectivity index (χ0n) is 15.9. The average molecular weight is 413 g/mol. The average Bonchev–Trinajstić information content (AvgIpc) is 3.15. The summed E-state index contributed by atoms with van der Waals surface area (Å²) < 4.78 is 32.7. The Hall–Kier alpha value is -3.00. The summed E-state index contributed by atoms with van der Waals surface area (Å²) in [6, 6.07) is 12.5. The first-order valence-corrected chi connectivity index (χ1v) is 10.1. The van der Waals surface area contributed by atoms with Crippen LogP contribution in [0.25, 0.3) is 0 Å². The molecular formula is C21H20FN3O3S. The fraction of sp³-hybridized carbons (Fsp3) is 0.238. The Morgan fingerprint density at radius 3 is 2.86 bits per heavy atom. The summed E-state index contributed by atoms with van der Waals surface area (Å²) in [4.78, 5) is 0. The van der Waals surface area contributed by atoms with Crippen LogP contribution in [0.1, 0.15) is 17.5 Å². The molecule has 150 valence electrons. The molecule has 0 saturated heterocycles. The lowest BCUT2D eigenvalue weighted by Crippen LogP contribution is -2.25. The van der Waals surface area contributed by atoms with Crippen molar-refractivity contribution >= 4 is 11.8 Å². The first-order valence-electron chi connectivity index (χ1n) is 9.07. The molecular weight excluding hydrogens is 393 g/mol. The molecule has 0 fully saturated rings. The number of fused-ring (bicyclic) bond motifs is 1.